The molecule has 0 radical (unpaired) electrons. The number of rotatable bonds is 6. The van der Waals surface area contributed by atoms with Gasteiger partial charge >= 0.3 is 0 Å². The van der Waals surface area contributed by atoms with Crippen molar-refractivity contribution in [1.82, 2.24) is 14.9 Å². The molecule has 1 aromatic heterocycles. The lowest BCUT2D eigenvalue weighted by Gasteiger charge is -2.23. The summed E-state index contributed by atoms with van der Waals surface area (Å²) in [5.41, 5.74) is 2.69. The Labute approximate surface area is 138 Å². The first-order valence-corrected chi connectivity index (χ1v) is 8.06. The number of hydrogen-bond acceptors (Lipinski definition) is 4. The number of hydrogen-bond donors (Lipinski definition) is 0. The van der Waals surface area contributed by atoms with Crippen LogP contribution in [-0.4, -0.2) is 40.4 Å². The normalized spacial score (nSPS) is 10.4. The van der Waals surface area contributed by atoms with Gasteiger partial charge in [0.25, 0.3) is 5.91 Å². The van der Waals surface area contributed by atoms with Crippen LogP contribution in [-0.2, 0) is 0 Å². The number of aromatic nitrogens is 2. The van der Waals surface area contributed by atoms with Crippen molar-refractivity contribution in [2.45, 2.75) is 27.7 Å². The topological polar surface area (TPSA) is 49.3 Å². The van der Waals surface area contributed by atoms with E-state index in [-0.39, 0.29) is 5.91 Å². The lowest BCUT2D eigenvalue weighted by atomic mass is 10.2. The average molecular weight is 312 g/mol. The molecule has 0 spiro atoms. The van der Waals surface area contributed by atoms with E-state index in [4.69, 9.17) is 0 Å². The lowest BCUT2D eigenvalue weighted by Crippen LogP contribution is -2.31. The fourth-order valence-corrected chi connectivity index (χ4v) is 2.56. The third-order valence-electron chi connectivity index (χ3n) is 3.83. The Morgan fingerprint density at radius 1 is 1.04 bits per heavy atom. The monoisotopic (exact) mass is 312 g/mol. The molecule has 1 heterocycles. The van der Waals surface area contributed by atoms with Crippen LogP contribution in [0.25, 0.3) is 0 Å². The minimum absolute atomic E-state index is 0.0565. The first-order chi connectivity index (χ1) is 11.1. The summed E-state index contributed by atoms with van der Waals surface area (Å²) in [7, 11) is 0. The summed E-state index contributed by atoms with van der Waals surface area (Å²) < 4.78 is 0. The van der Waals surface area contributed by atoms with Crippen LogP contribution >= 0.6 is 0 Å². The van der Waals surface area contributed by atoms with Crippen molar-refractivity contribution in [3.63, 3.8) is 0 Å². The Hall–Kier alpha value is -2.43. The summed E-state index contributed by atoms with van der Waals surface area (Å²) in [4.78, 5) is 24.8. The van der Waals surface area contributed by atoms with Crippen LogP contribution in [0.2, 0.25) is 0 Å². The van der Waals surface area contributed by atoms with Crippen LogP contribution in [0.4, 0.5) is 11.5 Å². The lowest BCUT2D eigenvalue weighted by molar-refractivity contribution is 0.0767. The molecule has 0 aliphatic heterocycles. The summed E-state index contributed by atoms with van der Waals surface area (Å²) in [6.45, 7) is 10.2. The Balaban J connectivity index is 2.35. The molecule has 0 unspecified atom stereocenters. The molecule has 122 valence electrons. The van der Waals surface area contributed by atoms with Gasteiger partial charge in [0.2, 0.25) is 0 Å². The van der Waals surface area contributed by atoms with E-state index in [1.165, 1.54) is 11.9 Å². The number of anilines is 2. The van der Waals surface area contributed by atoms with Crippen LogP contribution < -0.4 is 4.90 Å². The van der Waals surface area contributed by atoms with E-state index in [2.05, 4.69) is 40.8 Å². The highest BCUT2D eigenvalue weighted by atomic mass is 16.2. The molecule has 0 bridgehead atoms. The largest absolute Gasteiger partial charge is 0.338 e. The molecule has 0 atom stereocenters. The molecule has 23 heavy (non-hydrogen) atoms. The van der Waals surface area contributed by atoms with Gasteiger partial charge in [0.15, 0.2) is 0 Å². The molecule has 0 saturated carbocycles. The fraction of sp³-hybridized carbons (Fsp3) is 0.389. The molecule has 0 fully saturated rings. The van der Waals surface area contributed by atoms with E-state index in [1.54, 1.807) is 11.0 Å². The van der Waals surface area contributed by atoms with Crippen molar-refractivity contribution < 1.29 is 4.79 Å². The van der Waals surface area contributed by atoms with Gasteiger partial charge in [-0.05, 0) is 45.4 Å². The third-order valence-corrected chi connectivity index (χ3v) is 3.83. The molecule has 2 rings (SSSR count). The number of benzene rings is 1. The number of aryl methyl sites for hydroxylation is 1. The summed E-state index contributed by atoms with van der Waals surface area (Å²) in [6, 6.07) is 10.0. The predicted octanol–water partition coefficient (Wildman–Crippen LogP) is 3.43. The van der Waals surface area contributed by atoms with Crippen molar-refractivity contribution in [1.29, 1.82) is 0 Å². The van der Waals surface area contributed by atoms with E-state index < -0.39 is 0 Å². The first kappa shape index (κ1) is 16.9. The quantitative estimate of drug-likeness (QED) is 0.820. The van der Waals surface area contributed by atoms with Crippen molar-refractivity contribution in [2.24, 2.45) is 0 Å². The highest BCUT2D eigenvalue weighted by molar-refractivity contribution is 5.93. The van der Waals surface area contributed by atoms with Gasteiger partial charge in [-0.3, -0.25) is 4.79 Å². The summed E-state index contributed by atoms with van der Waals surface area (Å²) in [5.74, 6) is 0.683. The Morgan fingerprint density at radius 3 is 2.39 bits per heavy atom. The second-order valence-corrected chi connectivity index (χ2v) is 5.32. The average Bonchev–Trinajstić information content (AvgIpc) is 2.57. The van der Waals surface area contributed by atoms with E-state index >= 15 is 0 Å². The van der Waals surface area contributed by atoms with Crippen LogP contribution in [0.1, 0.15) is 36.8 Å². The number of amides is 1. The minimum Gasteiger partial charge on any atom is -0.338 e. The van der Waals surface area contributed by atoms with Crippen molar-refractivity contribution >= 4 is 17.4 Å². The maximum atomic E-state index is 12.5. The molecule has 0 saturated heterocycles. The molecule has 5 heteroatoms. The minimum atomic E-state index is -0.0565. The molecule has 1 aromatic carbocycles. The second-order valence-electron chi connectivity index (χ2n) is 5.32. The van der Waals surface area contributed by atoms with Crippen LogP contribution in [0.15, 0.2) is 36.7 Å². The molecule has 0 aliphatic rings. The predicted molar refractivity (Wildman–Crippen MR) is 93.1 cm³/mol. The summed E-state index contributed by atoms with van der Waals surface area (Å²) >= 11 is 0. The molecular formula is C18H24N4O. The number of nitrogens with zero attached hydrogens (tertiary/aromatic N) is 4. The van der Waals surface area contributed by atoms with E-state index in [1.807, 2.05) is 26.0 Å². The van der Waals surface area contributed by atoms with Crippen molar-refractivity contribution in [3.05, 3.63) is 47.9 Å². The third kappa shape index (κ3) is 3.86. The van der Waals surface area contributed by atoms with Gasteiger partial charge in [-0.15, -0.1) is 0 Å². The summed E-state index contributed by atoms with van der Waals surface area (Å²) in [5, 5.41) is 0. The smallest absolute Gasteiger partial charge is 0.272 e. The molecular weight excluding hydrogens is 288 g/mol. The van der Waals surface area contributed by atoms with Gasteiger partial charge in [-0.2, -0.15) is 0 Å². The zero-order valence-corrected chi connectivity index (χ0v) is 14.3. The SMILES string of the molecule is CCN(CC)C(=O)c1cc(N(CC)c2cccc(C)c2)ncn1. The summed E-state index contributed by atoms with van der Waals surface area (Å²) in [6.07, 6.45) is 1.46. The van der Waals surface area contributed by atoms with E-state index in [0.717, 1.165) is 18.1 Å². The molecule has 2 aromatic rings. The van der Waals surface area contributed by atoms with Crippen molar-refractivity contribution in [2.75, 3.05) is 24.5 Å². The van der Waals surface area contributed by atoms with E-state index in [0.29, 0.717) is 18.8 Å². The van der Waals surface area contributed by atoms with Crippen LogP contribution in [0.5, 0.6) is 0 Å². The van der Waals surface area contributed by atoms with Crippen LogP contribution in [0, 0.1) is 6.92 Å². The standard InChI is InChI=1S/C18H24N4O/c1-5-21(6-2)18(23)16-12-17(20-13-19-16)22(7-3)15-10-8-9-14(4)11-15/h8-13H,5-7H2,1-4H3. The fourth-order valence-electron chi connectivity index (χ4n) is 2.56. The second kappa shape index (κ2) is 7.72. The maximum Gasteiger partial charge on any atom is 0.272 e. The van der Waals surface area contributed by atoms with Gasteiger partial charge in [0, 0.05) is 31.4 Å². The Bertz CT molecular complexity index is 668. The highest BCUT2D eigenvalue weighted by Crippen LogP contribution is 2.24. The number of carbonyl (C=O) groups is 1. The first-order valence-electron chi connectivity index (χ1n) is 8.06. The van der Waals surface area contributed by atoms with Gasteiger partial charge in [0.05, 0.1) is 0 Å². The van der Waals surface area contributed by atoms with Crippen LogP contribution in [0.3, 0.4) is 0 Å². The molecule has 0 N–H and O–H groups in total. The van der Waals surface area contributed by atoms with Gasteiger partial charge in [-0.1, -0.05) is 12.1 Å². The van der Waals surface area contributed by atoms with Crippen molar-refractivity contribution in [3.8, 4) is 0 Å². The number of carbonyl (C=O) groups excluding carboxylic acids is 1. The maximum absolute atomic E-state index is 12.5. The van der Waals surface area contributed by atoms with E-state index in [9.17, 15) is 4.79 Å². The molecule has 5 nitrogen and oxygen atoms in total. The van der Waals surface area contributed by atoms with Gasteiger partial charge in [0.1, 0.15) is 17.8 Å². The molecule has 0 aliphatic carbocycles. The Morgan fingerprint density at radius 2 is 1.78 bits per heavy atom. The molecule has 1 amide bonds. The zero-order valence-electron chi connectivity index (χ0n) is 14.3. The zero-order chi connectivity index (χ0) is 16.8. The van der Waals surface area contributed by atoms with Gasteiger partial charge in [-0.25, -0.2) is 9.97 Å². The Kier molecular flexibility index (Phi) is 5.68. The van der Waals surface area contributed by atoms with Gasteiger partial charge < -0.3 is 9.80 Å². The highest BCUT2D eigenvalue weighted by Gasteiger charge is 2.17.